The molecule has 3 aliphatic heterocycles. The van der Waals surface area contributed by atoms with E-state index >= 15 is 0 Å². The zero-order valence-corrected chi connectivity index (χ0v) is 16.6. The highest BCUT2D eigenvalue weighted by molar-refractivity contribution is 5.90. The molecule has 2 saturated heterocycles. The highest BCUT2D eigenvalue weighted by Gasteiger charge is 2.61. The average molecular weight is 381 g/mol. The van der Waals surface area contributed by atoms with Crippen molar-refractivity contribution in [3.8, 4) is 11.8 Å². The van der Waals surface area contributed by atoms with Gasteiger partial charge in [-0.2, -0.15) is 0 Å². The van der Waals surface area contributed by atoms with E-state index in [1.165, 1.54) is 29.2 Å². The van der Waals surface area contributed by atoms with Gasteiger partial charge < -0.3 is 4.74 Å². The Morgan fingerprint density at radius 3 is 2.90 bits per heavy atom. The zero-order chi connectivity index (χ0) is 19.6. The fraction of sp³-hybridized carbons (Fsp3) is 0.346. The Morgan fingerprint density at radius 1 is 1.10 bits per heavy atom. The number of esters is 1. The van der Waals surface area contributed by atoms with Gasteiger partial charge in [0, 0.05) is 35.2 Å². The summed E-state index contributed by atoms with van der Waals surface area (Å²) in [6, 6.07) is 13.5. The molecule has 2 fully saturated rings. The SMILES string of the molecule is Cc1ccc2cc(C#CC3=C[C@@H]4C[C@@]5(OC(=O)C=C35)[C@H]3CCCCN43)ccc2c1. The molecule has 2 aromatic rings. The number of carbonyl (C=O) groups is 1. The van der Waals surface area contributed by atoms with Crippen molar-refractivity contribution in [3.63, 3.8) is 0 Å². The highest BCUT2D eigenvalue weighted by atomic mass is 16.6. The molecule has 0 radical (unpaired) electrons. The van der Waals surface area contributed by atoms with E-state index in [-0.39, 0.29) is 5.97 Å². The topological polar surface area (TPSA) is 29.5 Å². The van der Waals surface area contributed by atoms with Gasteiger partial charge in [-0.15, -0.1) is 0 Å². The molecule has 144 valence electrons. The van der Waals surface area contributed by atoms with Gasteiger partial charge in [-0.05, 0) is 49.2 Å². The number of rotatable bonds is 0. The Morgan fingerprint density at radius 2 is 1.97 bits per heavy atom. The van der Waals surface area contributed by atoms with E-state index in [0.29, 0.717) is 12.1 Å². The lowest BCUT2D eigenvalue weighted by Crippen LogP contribution is -2.48. The molecule has 4 aliphatic rings. The van der Waals surface area contributed by atoms with Crippen LogP contribution < -0.4 is 0 Å². The van der Waals surface area contributed by atoms with Crippen LogP contribution in [0.15, 0.2) is 59.7 Å². The minimum Gasteiger partial charge on any atom is -0.449 e. The number of benzene rings is 2. The van der Waals surface area contributed by atoms with Crippen LogP contribution >= 0.6 is 0 Å². The van der Waals surface area contributed by atoms with Gasteiger partial charge in [0.05, 0.1) is 6.04 Å². The van der Waals surface area contributed by atoms with E-state index in [2.05, 4.69) is 66.1 Å². The number of hydrogen-bond acceptors (Lipinski definition) is 3. The number of carbonyl (C=O) groups excluding carboxylic acids is 1. The maximum atomic E-state index is 12.3. The Bertz CT molecular complexity index is 1180. The monoisotopic (exact) mass is 381 g/mol. The third-order valence-corrected chi connectivity index (χ3v) is 7.01. The summed E-state index contributed by atoms with van der Waals surface area (Å²) in [7, 11) is 0. The normalized spacial score (nSPS) is 30.0. The van der Waals surface area contributed by atoms with Crippen molar-refractivity contribution in [1.29, 1.82) is 0 Å². The van der Waals surface area contributed by atoms with Crippen molar-refractivity contribution >= 4 is 16.7 Å². The van der Waals surface area contributed by atoms with Crippen molar-refractivity contribution in [2.45, 2.75) is 50.3 Å². The summed E-state index contributed by atoms with van der Waals surface area (Å²) in [6.07, 6.45) is 8.38. The lowest BCUT2D eigenvalue weighted by molar-refractivity contribution is -0.148. The van der Waals surface area contributed by atoms with Crippen LogP contribution in [0.2, 0.25) is 0 Å². The summed E-state index contributed by atoms with van der Waals surface area (Å²) in [5, 5.41) is 2.44. The number of hydrogen-bond donors (Lipinski definition) is 0. The van der Waals surface area contributed by atoms with Crippen LogP contribution in [0.5, 0.6) is 0 Å². The number of aryl methyl sites for hydroxylation is 1. The molecule has 2 bridgehead atoms. The van der Waals surface area contributed by atoms with Gasteiger partial charge in [0.2, 0.25) is 0 Å². The fourth-order valence-electron chi connectivity index (χ4n) is 5.75. The van der Waals surface area contributed by atoms with Crippen molar-refractivity contribution in [2.75, 3.05) is 6.54 Å². The molecule has 2 aromatic carbocycles. The van der Waals surface area contributed by atoms with Crippen LogP contribution in [0.1, 0.15) is 36.8 Å². The third kappa shape index (κ3) is 2.52. The van der Waals surface area contributed by atoms with Gasteiger partial charge in [0.25, 0.3) is 0 Å². The van der Waals surface area contributed by atoms with Gasteiger partial charge >= 0.3 is 5.97 Å². The molecule has 0 saturated carbocycles. The van der Waals surface area contributed by atoms with Crippen LogP contribution in [0.4, 0.5) is 0 Å². The van der Waals surface area contributed by atoms with E-state index < -0.39 is 5.60 Å². The predicted octanol–water partition coefficient (Wildman–Crippen LogP) is 4.29. The van der Waals surface area contributed by atoms with Gasteiger partial charge in [0.1, 0.15) is 0 Å². The van der Waals surface area contributed by atoms with E-state index in [9.17, 15) is 4.79 Å². The standard InChI is InChI=1S/C26H23NO2/c1-17-5-8-20-13-18(6-9-19(20)12-17)7-10-21-14-22-16-26(23(21)15-25(28)29-26)24-4-2-3-11-27(22)24/h5-6,8-9,12-15,22,24H,2-4,11,16H2,1H3/t22-,24-,26+/m1/s1. The quantitative estimate of drug-likeness (QED) is 0.504. The van der Waals surface area contributed by atoms with Crippen LogP contribution in [0.25, 0.3) is 10.8 Å². The lowest BCUT2D eigenvalue weighted by Gasteiger charge is -2.38. The molecular weight excluding hydrogens is 358 g/mol. The first-order chi connectivity index (χ1) is 14.1. The largest absolute Gasteiger partial charge is 0.449 e. The predicted molar refractivity (Wildman–Crippen MR) is 113 cm³/mol. The first-order valence-electron chi connectivity index (χ1n) is 10.6. The smallest absolute Gasteiger partial charge is 0.332 e. The van der Waals surface area contributed by atoms with Crippen molar-refractivity contribution in [2.24, 2.45) is 0 Å². The minimum atomic E-state index is -0.470. The number of fused-ring (bicyclic) bond motifs is 4. The summed E-state index contributed by atoms with van der Waals surface area (Å²) < 4.78 is 5.98. The Labute approximate surface area is 171 Å². The molecule has 6 rings (SSSR count). The van der Waals surface area contributed by atoms with Gasteiger partial charge in [-0.1, -0.05) is 54.2 Å². The van der Waals surface area contributed by atoms with Crippen LogP contribution in [0, 0.1) is 18.8 Å². The Hall–Kier alpha value is -2.83. The minimum absolute atomic E-state index is 0.207. The van der Waals surface area contributed by atoms with Gasteiger partial charge in [0.15, 0.2) is 5.60 Å². The molecule has 0 amide bonds. The average Bonchev–Trinajstić information content (AvgIpc) is 3.21. The Balaban J connectivity index is 1.40. The van der Waals surface area contributed by atoms with Crippen molar-refractivity contribution < 1.29 is 9.53 Å². The molecule has 3 heteroatoms. The molecule has 1 spiro atoms. The second-order valence-electron chi connectivity index (χ2n) is 8.79. The van der Waals surface area contributed by atoms with Gasteiger partial charge in [-0.3, -0.25) is 4.90 Å². The second-order valence-corrected chi connectivity index (χ2v) is 8.79. The van der Waals surface area contributed by atoms with Crippen LogP contribution in [-0.4, -0.2) is 35.1 Å². The molecule has 0 unspecified atom stereocenters. The van der Waals surface area contributed by atoms with Crippen molar-refractivity contribution in [1.82, 2.24) is 4.90 Å². The Kier molecular flexibility index (Phi) is 3.58. The third-order valence-electron chi connectivity index (χ3n) is 7.01. The molecule has 3 nitrogen and oxygen atoms in total. The first-order valence-corrected chi connectivity index (χ1v) is 10.6. The number of piperidine rings is 1. The second kappa shape index (κ2) is 6.08. The maximum Gasteiger partial charge on any atom is 0.332 e. The van der Waals surface area contributed by atoms with E-state index in [4.69, 9.17) is 4.74 Å². The molecule has 0 N–H and O–H groups in total. The fourth-order valence-corrected chi connectivity index (χ4v) is 5.75. The van der Waals surface area contributed by atoms with E-state index in [1.807, 2.05) is 0 Å². The van der Waals surface area contributed by atoms with Crippen molar-refractivity contribution in [3.05, 3.63) is 70.8 Å². The number of nitrogens with zero attached hydrogens (tertiary/aromatic N) is 1. The molecule has 29 heavy (non-hydrogen) atoms. The summed E-state index contributed by atoms with van der Waals surface area (Å²) >= 11 is 0. The zero-order valence-electron chi connectivity index (χ0n) is 16.6. The summed E-state index contributed by atoms with van der Waals surface area (Å²) in [4.78, 5) is 14.8. The summed E-state index contributed by atoms with van der Waals surface area (Å²) in [5.74, 6) is 6.54. The molecular formula is C26H23NO2. The van der Waals surface area contributed by atoms with E-state index in [1.54, 1.807) is 6.08 Å². The molecule has 0 aromatic heterocycles. The highest BCUT2D eigenvalue weighted by Crippen LogP contribution is 2.53. The van der Waals surface area contributed by atoms with Crippen LogP contribution in [0.3, 0.4) is 0 Å². The summed E-state index contributed by atoms with van der Waals surface area (Å²) in [5.41, 5.74) is 3.78. The molecule has 3 heterocycles. The van der Waals surface area contributed by atoms with Gasteiger partial charge in [-0.25, -0.2) is 4.79 Å². The van der Waals surface area contributed by atoms with E-state index in [0.717, 1.165) is 36.1 Å². The van der Waals surface area contributed by atoms with Crippen LogP contribution in [-0.2, 0) is 9.53 Å². The summed E-state index contributed by atoms with van der Waals surface area (Å²) in [6.45, 7) is 3.20. The maximum absolute atomic E-state index is 12.3. The molecule has 1 aliphatic carbocycles. The number of ether oxygens (including phenoxy) is 1. The molecule has 3 atom stereocenters. The first kappa shape index (κ1) is 17.1. The lowest BCUT2D eigenvalue weighted by atomic mass is 9.77.